The van der Waals surface area contributed by atoms with Crippen molar-refractivity contribution in [3.8, 4) is 0 Å². The Balaban J connectivity index is 1.77. The number of thiophene rings is 1. The Kier molecular flexibility index (Phi) is 5.16. The van der Waals surface area contributed by atoms with Gasteiger partial charge in [-0.05, 0) is 43.2 Å². The van der Waals surface area contributed by atoms with E-state index in [9.17, 15) is 4.79 Å². The Bertz CT molecular complexity index is 804. The minimum Gasteiger partial charge on any atom is -0.347 e. The maximum absolute atomic E-state index is 13.0. The maximum atomic E-state index is 13.0. The van der Waals surface area contributed by atoms with Crippen LogP contribution in [0.25, 0.3) is 0 Å². The number of benzene rings is 1. The van der Waals surface area contributed by atoms with E-state index in [-0.39, 0.29) is 5.91 Å². The number of hydrogen-bond donors (Lipinski definition) is 0. The van der Waals surface area contributed by atoms with Gasteiger partial charge in [-0.25, -0.2) is 0 Å². The molecule has 3 aromatic rings. The second-order valence-corrected chi connectivity index (χ2v) is 7.35. The van der Waals surface area contributed by atoms with E-state index >= 15 is 0 Å². The molecule has 1 aromatic carbocycles. The van der Waals surface area contributed by atoms with Crippen LogP contribution in [0.5, 0.6) is 0 Å². The lowest BCUT2D eigenvalue weighted by atomic mass is 10.1. The van der Waals surface area contributed by atoms with Crippen molar-refractivity contribution in [1.29, 1.82) is 0 Å². The Hall–Kier alpha value is -2.33. The van der Waals surface area contributed by atoms with Crippen LogP contribution in [0.4, 0.5) is 0 Å². The third-order valence-corrected chi connectivity index (χ3v) is 5.09. The summed E-state index contributed by atoms with van der Waals surface area (Å²) >= 11 is 1.76. The van der Waals surface area contributed by atoms with E-state index in [0.29, 0.717) is 13.1 Å². The molecule has 0 spiro atoms. The van der Waals surface area contributed by atoms with E-state index in [1.807, 2.05) is 53.0 Å². The second kappa shape index (κ2) is 7.49. The van der Waals surface area contributed by atoms with E-state index in [1.165, 1.54) is 15.3 Å². The van der Waals surface area contributed by atoms with Crippen molar-refractivity contribution in [3.05, 3.63) is 81.8 Å². The van der Waals surface area contributed by atoms with E-state index in [2.05, 4.69) is 31.2 Å². The molecule has 0 saturated carbocycles. The van der Waals surface area contributed by atoms with Gasteiger partial charge >= 0.3 is 0 Å². The highest BCUT2D eigenvalue weighted by molar-refractivity contribution is 7.11. The summed E-state index contributed by atoms with van der Waals surface area (Å²) in [6.45, 7) is 3.47. The molecule has 124 valence electrons. The summed E-state index contributed by atoms with van der Waals surface area (Å²) < 4.78 is 1.89. The minimum atomic E-state index is 0.0875. The molecule has 2 heterocycles. The molecule has 4 heteroatoms. The number of amides is 1. The van der Waals surface area contributed by atoms with Crippen molar-refractivity contribution in [1.82, 2.24) is 9.47 Å². The first-order valence-electron chi connectivity index (χ1n) is 8.13. The van der Waals surface area contributed by atoms with Crippen molar-refractivity contribution < 1.29 is 4.79 Å². The number of carbonyl (C=O) groups is 1. The summed E-state index contributed by atoms with van der Waals surface area (Å²) in [5, 5.41) is 0. The van der Waals surface area contributed by atoms with Crippen molar-refractivity contribution >= 4 is 17.2 Å². The third-order valence-electron chi connectivity index (χ3n) is 4.11. The minimum absolute atomic E-state index is 0.0875. The van der Waals surface area contributed by atoms with Gasteiger partial charge in [0.25, 0.3) is 5.91 Å². The van der Waals surface area contributed by atoms with Crippen LogP contribution in [0.1, 0.15) is 25.8 Å². The molecule has 0 aliphatic rings. The van der Waals surface area contributed by atoms with Gasteiger partial charge in [-0.3, -0.25) is 4.79 Å². The molecule has 1 amide bonds. The fraction of sp³-hybridized carbons (Fsp3) is 0.250. The van der Waals surface area contributed by atoms with Crippen LogP contribution in [0.3, 0.4) is 0 Å². The Morgan fingerprint density at radius 1 is 1.08 bits per heavy atom. The number of hydrogen-bond acceptors (Lipinski definition) is 2. The zero-order valence-electron chi connectivity index (χ0n) is 14.1. The standard InChI is InChI=1S/C20H22N2OS/c1-16-10-11-18(24-16)15-22(14-12-17-7-4-3-5-8-17)20(23)19-9-6-13-21(19)2/h3-11,13H,12,14-15H2,1-2H3. The average Bonchev–Trinajstić information content (AvgIpc) is 3.20. The van der Waals surface area contributed by atoms with Gasteiger partial charge in [0, 0.05) is 29.5 Å². The van der Waals surface area contributed by atoms with Crippen LogP contribution in [0.15, 0.2) is 60.8 Å². The molecule has 24 heavy (non-hydrogen) atoms. The first kappa shape index (κ1) is 16.5. The van der Waals surface area contributed by atoms with E-state index in [1.54, 1.807) is 11.3 Å². The summed E-state index contributed by atoms with van der Waals surface area (Å²) in [6, 6.07) is 18.4. The molecule has 0 saturated heterocycles. The fourth-order valence-corrected chi connectivity index (χ4v) is 3.67. The Morgan fingerprint density at radius 2 is 1.88 bits per heavy atom. The first-order chi connectivity index (χ1) is 11.6. The zero-order valence-corrected chi connectivity index (χ0v) is 14.9. The molecule has 0 radical (unpaired) electrons. The first-order valence-corrected chi connectivity index (χ1v) is 8.95. The number of aryl methyl sites for hydroxylation is 2. The Labute approximate surface area is 147 Å². The topological polar surface area (TPSA) is 25.2 Å². The Morgan fingerprint density at radius 3 is 2.50 bits per heavy atom. The summed E-state index contributed by atoms with van der Waals surface area (Å²) in [5.74, 6) is 0.0875. The van der Waals surface area contributed by atoms with Crippen molar-refractivity contribution in [2.45, 2.75) is 19.9 Å². The number of carbonyl (C=O) groups excluding carboxylic acids is 1. The van der Waals surface area contributed by atoms with Gasteiger partial charge in [0.2, 0.25) is 0 Å². The largest absolute Gasteiger partial charge is 0.347 e. The fourth-order valence-electron chi connectivity index (χ4n) is 2.76. The number of rotatable bonds is 6. The molecular weight excluding hydrogens is 316 g/mol. The zero-order chi connectivity index (χ0) is 16.9. The van der Waals surface area contributed by atoms with Gasteiger partial charge in [0.15, 0.2) is 0 Å². The highest BCUT2D eigenvalue weighted by Gasteiger charge is 2.19. The van der Waals surface area contributed by atoms with E-state index < -0.39 is 0 Å². The van der Waals surface area contributed by atoms with Crippen molar-refractivity contribution in [2.75, 3.05) is 6.54 Å². The van der Waals surface area contributed by atoms with Crippen LogP contribution in [0.2, 0.25) is 0 Å². The lowest BCUT2D eigenvalue weighted by Crippen LogP contribution is -2.33. The number of aromatic nitrogens is 1. The van der Waals surface area contributed by atoms with Gasteiger partial charge < -0.3 is 9.47 Å². The molecule has 0 fully saturated rings. The summed E-state index contributed by atoms with van der Waals surface area (Å²) in [7, 11) is 1.91. The monoisotopic (exact) mass is 338 g/mol. The predicted octanol–water partition coefficient (Wildman–Crippen LogP) is 4.28. The second-order valence-electron chi connectivity index (χ2n) is 5.98. The van der Waals surface area contributed by atoms with Gasteiger partial charge in [0.05, 0.1) is 6.54 Å². The van der Waals surface area contributed by atoms with Gasteiger partial charge in [-0.15, -0.1) is 11.3 Å². The number of nitrogens with zero attached hydrogens (tertiary/aromatic N) is 2. The van der Waals surface area contributed by atoms with Crippen LogP contribution >= 0.6 is 11.3 Å². The van der Waals surface area contributed by atoms with Gasteiger partial charge in [-0.1, -0.05) is 30.3 Å². The predicted molar refractivity (Wildman–Crippen MR) is 99.4 cm³/mol. The normalized spacial score (nSPS) is 10.8. The molecule has 0 atom stereocenters. The van der Waals surface area contributed by atoms with Crippen LogP contribution in [-0.4, -0.2) is 21.9 Å². The van der Waals surface area contributed by atoms with Crippen LogP contribution in [0, 0.1) is 6.92 Å². The molecule has 0 aliphatic carbocycles. The van der Waals surface area contributed by atoms with E-state index in [0.717, 1.165) is 12.1 Å². The maximum Gasteiger partial charge on any atom is 0.270 e. The highest BCUT2D eigenvalue weighted by Crippen LogP contribution is 2.19. The summed E-state index contributed by atoms with van der Waals surface area (Å²) in [5.41, 5.74) is 1.99. The molecular formula is C20H22N2OS. The molecule has 2 aromatic heterocycles. The lowest BCUT2D eigenvalue weighted by molar-refractivity contribution is 0.0737. The van der Waals surface area contributed by atoms with Crippen molar-refractivity contribution in [3.63, 3.8) is 0 Å². The van der Waals surface area contributed by atoms with Gasteiger partial charge in [0.1, 0.15) is 5.69 Å². The lowest BCUT2D eigenvalue weighted by Gasteiger charge is -2.22. The van der Waals surface area contributed by atoms with Gasteiger partial charge in [-0.2, -0.15) is 0 Å². The third kappa shape index (κ3) is 3.95. The SMILES string of the molecule is Cc1ccc(CN(CCc2ccccc2)C(=O)c2cccn2C)s1. The van der Waals surface area contributed by atoms with Crippen LogP contribution < -0.4 is 0 Å². The molecule has 0 bridgehead atoms. The van der Waals surface area contributed by atoms with Crippen LogP contribution in [-0.2, 0) is 20.0 Å². The molecule has 3 rings (SSSR count). The van der Waals surface area contributed by atoms with E-state index in [4.69, 9.17) is 0 Å². The smallest absolute Gasteiger partial charge is 0.270 e. The average molecular weight is 338 g/mol. The summed E-state index contributed by atoms with van der Waals surface area (Å²) in [4.78, 5) is 17.4. The highest BCUT2D eigenvalue weighted by atomic mass is 32.1. The molecule has 0 aliphatic heterocycles. The quantitative estimate of drug-likeness (QED) is 0.658. The molecule has 3 nitrogen and oxygen atoms in total. The summed E-state index contributed by atoms with van der Waals surface area (Å²) in [6.07, 6.45) is 2.78. The van der Waals surface area contributed by atoms with Crippen molar-refractivity contribution in [2.24, 2.45) is 7.05 Å². The molecule has 0 N–H and O–H groups in total. The molecule has 0 unspecified atom stereocenters.